The van der Waals surface area contributed by atoms with Crippen LogP contribution in [0.2, 0.25) is 0 Å². The number of anilines is 2. The lowest BCUT2D eigenvalue weighted by Gasteiger charge is -2.13. The normalized spacial score (nSPS) is 10.2. The van der Waals surface area contributed by atoms with Crippen molar-refractivity contribution < 1.29 is 19.1 Å². The van der Waals surface area contributed by atoms with Crippen molar-refractivity contribution in [3.8, 4) is 11.5 Å². The Morgan fingerprint density at radius 2 is 1.53 bits per heavy atom. The highest BCUT2D eigenvalue weighted by Gasteiger charge is 2.14. The number of para-hydroxylation sites is 3. The van der Waals surface area contributed by atoms with Crippen molar-refractivity contribution >= 4 is 23.2 Å². The van der Waals surface area contributed by atoms with Crippen molar-refractivity contribution in [1.29, 1.82) is 0 Å². The first-order valence-corrected chi connectivity index (χ1v) is 9.51. The minimum atomic E-state index is -0.382. The molecule has 154 valence electrons. The van der Waals surface area contributed by atoms with Gasteiger partial charge in [0.25, 0.3) is 11.8 Å². The van der Waals surface area contributed by atoms with Gasteiger partial charge in [0.1, 0.15) is 0 Å². The van der Waals surface area contributed by atoms with Gasteiger partial charge >= 0.3 is 0 Å². The van der Waals surface area contributed by atoms with Crippen LogP contribution in [0.25, 0.3) is 0 Å². The number of benzene rings is 3. The van der Waals surface area contributed by atoms with E-state index in [1.807, 2.05) is 38.1 Å². The van der Waals surface area contributed by atoms with Crippen LogP contribution in [0.15, 0.2) is 66.7 Å². The van der Waals surface area contributed by atoms with Crippen molar-refractivity contribution in [2.75, 3.05) is 24.4 Å². The fraction of sp³-hybridized carbons (Fsp3) is 0.167. The summed E-state index contributed by atoms with van der Waals surface area (Å²) in [7, 11) is 1.53. The van der Waals surface area contributed by atoms with Crippen LogP contribution in [-0.4, -0.2) is 25.5 Å². The third-order valence-corrected chi connectivity index (χ3v) is 4.64. The Morgan fingerprint density at radius 3 is 2.27 bits per heavy atom. The molecule has 0 fully saturated rings. The molecule has 0 aliphatic heterocycles. The summed E-state index contributed by atoms with van der Waals surface area (Å²) >= 11 is 0. The highest BCUT2D eigenvalue weighted by atomic mass is 16.5. The molecule has 0 heterocycles. The van der Waals surface area contributed by atoms with E-state index >= 15 is 0 Å². The van der Waals surface area contributed by atoms with Crippen LogP contribution in [0.5, 0.6) is 11.5 Å². The second kappa shape index (κ2) is 9.60. The number of ether oxygens (including phenoxy) is 2. The molecule has 0 spiro atoms. The maximum Gasteiger partial charge on any atom is 0.262 e. The topological polar surface area (TPSA) is 76.7 Å². The SMILES string of the molecule is COc1ccccc1OCC(=O)Nc1ccccc1C(=O)Nc1ccc(C)c(C)c1. The molecule has 0 aliphatic carbocycles. The molecule has 3 rings (SSSR count). The van der Waals surface area contributed by atoms with Gasteiger partial charge in [-0.15, -0.1) is 0 Å². The summed E-state index contributed by atoms with van der Waals surface area (Å²) < 4.78 is 10.8. The summed E-state index contributed by atoms with van der Waals surface area (Å²) in [5.41, 5.74) is 3.70. The summed E-state index contributed by atoms with van der Waals surface area (Å²) in [6.45, 7) is 3.78. The zero-order valence-corrected chi connectivity index (χ0v) is 17.2. The molecule has 0 saturated heterocycles. The van der Waals surface area contributed by atoms with Gasteiger partial charge in [0.2, 0.25) is 0 Å². The van der Waals surface area contributed by atoms with Gasteiger partial charge in [0, 0.05) is 5.69 Å². The number of amides is 2. The Kier molecular flexibility index (Phi) is 6.70. The van der Waals surface area contributed by atoms with Crippen molar-refractivity contribution in [1.82, 2.24) is 0 Å². The lowest BCUT2D eigenvalue weighted by molar-refractivity contribution is -0.118. The number of hydrogen-bond acceptors (Lipinski definition) is 4. The van der Waals surface area contributed by atoms with Crippen LogP contribution < -0.4 is 20.1 Å². The zero-order valence-electron chi connectivity index (χ0n) is 17.2. The third-order valence-electron chi connectivity index (χ3n) is 4.64. The third kappa shape index (κ3) is 5.17. The van der Waals surface area contributed by atoms with E-state index in [4.69, 9.17) is 9.47 Å². The maximum absolute atomic E-state index is 12.8. The van der Waals surface area contributed by atoms with Crippen LogP contribution in [0, 0.1) is 13.8 Å². The van der Waals surface area contributed by atoms with Crippen LogP contribution in [0.1, 0.15) is 21.5 Å². The number of methoxy groups -OCH3 is 1. The summed E-state index contributed by atoms with van der Waals surface area (Å²) in [5, 5.41) is 5.61. The molecule has 30 heavy (non-hydrogen) atoms. The fourth-order valence-corrected chi connectivity index (χ4v) is 2.88. The van der Waals surface area contributed by atoms with Gasteiger partial charge < -0.3 is 20.1 Å². The smallest absolute Gasteiger partial charge is 0.262 e. The second-order valence-corrected chi connectivity index (χ2v) is 6.79. The Bertz CT molecular complexity index is 1060. The first kappa shape index (κ1) is 20.9. The zero-order chi connectivity index (χ0) is 21.5. The van der Waals surface area contributed by atoms with E-state index < -0.39 is 0 Å². The van der Waals surface area contributed by atoms with Crippen molar-refractivity contribution in [2.45, 2.75) is 13.8 Å². The number of hydrogen-bond donors (Lipinski definition) is 2. The minimum Gasteiger partial charge on any atom is -0.493 e. The molecule has 0 saturated carbocycles. The van der Waals surface area contributed by atoms with Gasteiger partial charge in [-0.3, -0.25) is 9.59 Å². The van der Waals surface area contributed by atoms with Gasteiger partial charge in [-0.1, -0.05) is 30.3 Å². The monoisotopic (exact) mass is 404 g/mol. The molecule has 0 unspecified atom stereocenters. The average molecular weight is 404 g/mol. The number of aryl methyl sites for hydroxylation is 2. The molecule has 2 N–H and O–H groups in total. The molecule has 6 nitrogen and oxygen atoms in total. The van der Waals surface area contributed by atoms with Gasteiger partial charge in [-0.2, -0.15) is 0 Å². The largest absolute Gasteiger partial charge is 0.493 e. The Hall–Kier alpha value is -3.80. The van der Waals surface area contributed by atoms with E-state index in [-0.39, 0.29) is 18.4 Å². The van der Waals surface area contributed by atoms with Crippen molar-refractivity contribution in [3.63, 3.8) is 0 Å². The van der Waals surface area contributed by atoms with Gasteiger partial charge in [-0.25, -0.2) is 0 Å². The molecule has 0 atom stereocenters. The average Bonchev–Trinajstić information content (AvgIpc) is 2.75. The van der Waals surface area contributed by atoms with Crippen molar-refractivity contribution in [2.24, 2.45) is 0 Å². The van der Waals surface area contributed by atoms with E-state index in [0.717, 1.165) is 11.1 Å². The quantitative estimate of drug-likeness (QED) is 0.604. The molecule has 3 aromatic rings. The predicted molar refractivity (Wildman–Crippen MR) is 117 cm³/mol. The van der Waals surface area contributed by atoms with Crippen LogP contribution in [0.4, 0.5) is 11.4 Å². The Morgan fingerprint density at radius 1 is 0.833 bits per heavy atom. The number of carbonyl (C=O) groups excluding carboxylic acids is 2. The first-order valence-electron chi connectivity index (χ1n) is 9.51. The molecule has 0 bridgehead atoms. The molecule has 0 aliphatic rings. The molecule has 3 aromatic carbocycles. The van der Waals surface area contributed by atoms with E-state index in [1.165, 1.54) is 7.11 Å². The minimum absolute atomic E-state index is 0.215. The fourth-order valence-electron chi connectivity index (χ4n) is 2.88. The molecule has 6 heteroatoms. The van der Waals surface area contributed by atoms with E-state index in [9.17, 15) is 9.59 Å². The molecule has 2 amide bonds. The van der Waals surface area contributed by atoms with Crippen LogP contribution >= 0.6 is 0 Å². The lowest BCUT2D eigenvalue weighted by Crippen LogP contribution is -2.23. The second-order valence-electron chi connectivity index (χ2n) is 6.79. The molecule has 0 radical (unpaired) electrons. The van der Waals surface area contributed by atoms with E-state index in [1.54, 1.807) is 42.5 Å². The lowest BCUT2D eigenvalue weighted by atomic mass is 10.1. The molecule has 0 aromatic heterocycles. The predicted octanol–water partition coefficient (Wildman–Crippen LogP) is 4.58. The Labute approximate surface area is 175 Å². The first-order chi connectivity index (χ1) is 14.5. The van der Waals surface area contributed by atoms with Crippen LogP contribution in [0.3, 0.4) is 0 Å². The Balaban J connectivity index is 1.67. The molecular formula is C24H24N2O4. The highest BCUT2D eigenvalue weighted by Crippen LogP contribution is 2.26. The summed E-state index contributed by atoms with van der Waals surface area (Å²) in [6, 6.07) is 19.6. The number of carbonyl (C=O) groups is 2. The standard InChI is InChI=1S/C24H24N2O4/c1-16-12-13-18(14-17(16)2)25-24(28)19-8-4-5-9-20(19)26-23(27)15-30-22-11-7-6-10-21(22)29-3/h4-14H,15H2,1-3H3,(H,25,28)(H,26,27). The summed E-state index contributed by atoms with van der Waals surface area (Å²) in [4.78, 5) is 25.2. The maximum atomic E-state index is 12.8. The van der Waals surface area contributed by atoms with Gasteiger partial charge in [0.05, 0.1) is 18.4 Å². The number of rotatable bonds is 7. The summed E-state index contributed by atoms with van der Waals surface area (Å²) in [6.07, 6.45) is 0. The highest BCUT2D eigenvalue weighted by molar-refractivity contribution is 6.10. The van der Waals surface area contributed by atoms with E-state index in [0.29, 0.717) is 28.4 Å². The van der Waals surface area contributed by atoms with E-state index in [2.05, 4.69) is 10.6 Å². The van der Waals surface area contributed by atoms with Crippen LogP contribution in [-0.2, 0) is 4.79 Å². The summed E-state index contributed by atoms with van der Waals surface area (Å²) in [5.74, 6) is 0.321. The van der Waals surface area contributed by atoms with Crippen molar-refractivity contribution in [3.05, 3.63) is 83.4 Å². The van der Waals surface area contributed by atoms with Gasteiger partial charge in [-0.05, 0) is 61.4 Å². The number of nitrogens with one attached hydrogen (secondary N) is 2. The van der Waals surface area contributed by atoms with Gasteiger partial charge in [0.15, 0.2) is 18.1 Å². The molecular weight excluding hydrogens is 380 g/mol.